The molecule has 4 nitrogen and oxygen atoms in total. The van der Waals surface area contributed by atoms with Crippen LogP contribution >= 0.6 is 0 Å². The lowest BCUT2D eigenvalue weighted by atomic mass is 10.1. The van der Waals surface area contributed by atoms with Crippen LogP contribution in [-0.4, -0.2) is 19.1 Å². The van der Waals surface area contributed by atoms with Crippen molar-refractivity contribution < 1.29 is 13.9 Å². The van der Waals surface area contributed by atoms with Crippen molar-refractivity contribution >= 4 is 5.91 Å². The van der Waals surface area contributed by atoms with Gasteiger partial charge in [-0.3, -0.25) is 4.79 Å². The summed E-state index contributed by atoms with van der Waals surface area (Å²) in [6.45, 7) is 6.98. The topological polar surface area (TPSA) is 51.5 Å². The van der Waals surface area contributed by atoms with E-state index < -0.39 is 0 Å². The lowest BCUT2D eigenvalue weighted by Crippen LogP contribution is -2.27. The predicted octanol–water partition coefficient (Wildman–Crippen LogP) is 3.01. The minimum absolute atomic E-state index is 0.226. The van der Waals surface area contributed by atoms with E-state index in [0.717, 1.165) is 16.9 Å². The van der Waals surface area contributed by atoms with E-state index in [-0.39, 0.29) is 5.91 Å². The molecule has 2 aromatic rings. The van der Waals surface area contributed by atoms with E-state index in [1.54, 1.807) is 12.1 Å². The van der Waals surface area contributed by atoms with Crippen molar-refractivity contribution in [3.8, 4) is 5.75 Å². The first-order valence-electron chi connectivity index (χ1n) is 6.60. The standard InChI is InChI=1S/C16H19NO3/c1-11-9-12(2)15(13(3)10-11)20-8-6-17-16(18)14-5-4-7-19-14/h4-5,7,9-10H,6,8H2,1-3H3,(H,17,18). The zero-order valence-electron chi connectivity index (χ0n) is 12.0. The van der Waals surface area contributed by atoms with E-state index in [9.17, 15) is 4.79 Å². The molecule has 0 atom stereocenters. The van der Waals surface area contributed by atoms with Gasteiger partial charge in [-0.05, 0) is 44.0 Å². The number of furan rings is 1. The summed E-state index contributed by atoms with van der Waals surface area (Å²) < 4.78 is 10.8. The van der Waals surface area contributed by atoms with E-state index >= 15 is 0 Å². The molecule has 0 unspecified atom stereocenters. The van der Waals surface area contributed by atoms with Gasteiger partial charge in [-0.2, -0.15) is 0 Å². The summed E-state index contributed by atoms with van der Waals surface area (Å²) in [6, 6.07) is 7.49. The minimum atomic E-state index is -0.226. The maximum absolute atomic E-state index is 11.6. The van der Waals surface area contributed by atoms with E-state index in [1.807, 2.05) is 13.8 Å². The Morgan fingerprint density at radius 1 is 1.25 bits per heavy atom. The number of amides is 1. The minimum Gasteiger partial charge on any atom is -0.491 e. The number of carbonyl (C=O) groups is 1. The van der Waals surface area contributed by atoms with Gasteiger partial charge < -0.3 is 14.5 Å². The monoisotopic (exact) mass is 273 g/mol. The summed E-state index contributed by atoms with van der Waals surface area (Å²) in [5.74, 6) is 0.978. The molecule has 0 bridgehead atoms. The molecule has 0 aliphatic rings. The number of carbonyl (C=O) groups excluding carboxylic acids is 1. The number of benzene rings is 1. The van der Waals surface area contributed by atoms with Crippen LogP contribution in [0.3, 0.4) is 0 Å². The second-order valence-electron chi connectivity index (χ2n) is 4.81. The highest BCUT2D eigenvalue weighted by Crippen LogP contribution is 2.24. The largest absolute Gasteiger partial charge is 0.491 e. The fourth-order valence-corrected chi connectivity index (χ4v) is 2.21. The number of aryl methyl sites for hydroxylation is 3. The van der Waals surface area contributed by atoms with Gasteiger partial charge in [0.05, 0.1) is 12.8 Å². The van der Waals surface area contributed by atoms with Crippen LogP contribution in [0.4, 0.5) is 0 Å². The Hall–Kier alpha value is -2.23. The summed E-state index contributed by atoms with van der Waals surface area (Å²) in [6.07, 6.45) is 1.48. The second-order valence-corrected chi connectivity index (χ2v) is 4.81. The van der Waals surface area contributed by atoms with Crippen LogP contribution in [0.2, 0.25) is 0 Å². The fraction of sp³-hybridized carbons (Fsp3) is 0.312. The van der Waals surface area contributed by atoms with Crippen LogP contribution in [-0.2, 0) is 0 Å². The van der Waals surface area contributed by atoms with Crippen LogP contribution < -0.4 is 10.1 Å². The van der Waals surface area contributed by atoms with Crippen LogP contribution in [0.1, 0.15) is 27.2 Å². The van der Waals surface area contributed by atoms with E-state index in [1.165, 1.54) is 11.8 Å². The molecule has 1 N–H and O–H groups in total. The Kier molecular flexibility index (Phi) is 4.45. The highest BCUT2D eigenvalue weighted by molar-refractivity contribution is 5.91. The maximum Gasteiger partial charge on any atom is 0.287 e. The number of ether oxygens (including phenoxy) is 1. The Labute approximate surface area is 118 Å². The zero-order chi connectivity index (χ0) is 14.5. The molecule has 1 amide bonds. The average molecular weight is 273 g/mol. The molecule has 0 spiro atoms. The first-order chi connectivity index (χ1) is 9.58. The average Bonchev–Trinajstić information content (AvgIpc) is 2.90. The van der Waals surface area contributed by atoms with E-state index in [0.29, 0.717) is 18.9 Å². The van der Waals surface area contributed by atoms with Gasteiger partial charge in [-0.1, -0.05) is 17.7 Å². The second kappa shape index (κ2) is 6.28. The van der Waals surface area contributed by atoms with Gasteiger partial charge >= 0.3 is 0 Å². The highest BCUT2D eigenvalue weighted by atomic mass is 16.5. The normalized spacial score (nSPS) is 10.3. The Balaban J connectivity index is 1.83. The third-order valence-corrected chi connectivity index (χ3v) is 2.98. The number of hydrogen-bond acceptors (Lipinski definition) is 3. The van der Waals surface area contributed by atoms with Crippen molar-refractivity contribution in [2.24, 2.45) is 0 Å². The summed E-state index contributed by atoms with van der Waals surface area (Å²) in [7, 11) is 0. The quantitative estimate of drug-likeness (QED) is 0.852. The molecule has 0 aliphatic heterocycles. The first kappa shape index (κ1) is 14.2. The Bertz CT molecular complexity index is 565. The molecule has 0 saturated heterocycles. The Morgan fingerprint density at radius 3 is 2.55 bits per heavy atom. The van der Waals surface area contributed by atoms with Crippen LogP contribution in [0.5, 0.6) is 5.75 Å². The molecular weight excluding hydrogens is 254 g/mol. The molecular formula is C16H19NO3. The molecule has 0 radical (unpaired) electrons. The lowest BCUT2D eigenvalue weighted by Gasteiger charge is -2.13. The molecule has 1 aromatic carbocycles. The van der Waals surface area contributed by atoms with Crippen molar-refractivity contribution in [3.05, 3.63) is 53.0 Å². The maximum atomic E-state index is 11.6. The number of hydrogen-bond donors (Lipinski definition) is 1. The van der Waals surface area contributed by atoms with Crippen molar-refractivity contribution in [2.75, 3.05) is 13.2 Å². The summed E-state index contributed by atoms with van der Waals surface area (Å²) in [5, 5.41) is 2.75. The molecule has 1 aromatic heterocycles. The molecule has 2 rings (SSSR count). The fourth-order valence-electron chi connectivity index (χ4n) is 2.21. The van der Waals surface area contributed by atoms with Gasteiger partial charge in [0.15, 0.2) is 5.76 Å². The smallest absolute Gasteiger partial charge is 0.287 e. The van der Waals surface area contributed by atoms with Gasteiger partial charge in [-0.25, -0.2) is 0 Å². The predicted molar refractivity (Wildman–Crippen MR) is 77.2 cm³/mol. The lowest BCUT2D eigenvalue weighted by molar-refractivity contribution is 0.0919. The molecule has 1 heterocycles. The highest BCUT2D eigenvalue weighted by Gasteiger charge is 2.08. The van der Waals surface area contributed by atoms with Gasteiger partial charge in [0.2, 0.25) is 0 Å². The third kappa shape index (κ3) is 3.41. The summed E-state index contributed by atoms with van der Waals surface area (Å²) in [4.78, 5) is 11.6. The van der Waals surface area contributed by atoms with Crippen molar-refractivity contribution in [3.63, 3.8) is 0 Å². The zero-order valence-corrected chi connectivity index (χ0v) is 12.0. The van der Waals surface area contributed by atoms with Crippen molar-refractivity contribution in [1.29, 1.82) is 0 Å². The SMILES string of the molecule is Cc1cc(C)c(OCCNC(=O)c2ccco2)c(C)c1. The van der Waals surface area contributed by atoms with Crippen LogP contribution in [0.25, 0.3) is 0 Å². The molecule has 0 aliphatic carbocycles. The van der Waals surface area contributed by atoms with Gasteiger partial charge in [0.1, 0.15) is 12.4 Å². The molecule has 20 heavy (non-hydrogen) atoms. The molecule has 4 heteroatoms. The van der Waals surface area contributed by atoms with E-state index in [2.05, 4.69) is 24.4 Å². The molecule has 106 valence electrons. The van der Waals surface area contributed by atoms with Crippen molar-refractivity contribution in [1.82, 2.24) is 5.32 Å². The van der Waals surface area contributed by atoms with Crippen LogP contribution in [0.15, 0.2) is 34.9 Å². The van der Waals surface area contributed by atoms with Crippen molar-refractivity contribution in [2.45, 2.75) is 20.8 Å². The first-order valence-corrected chi connectivity index (χ1v) is 6.60. The number of rotatable bonds is 5. The summed E-state index contributed by atoms with van der Waals surface area (Å²) in [5.41, 5.74) is 3.44. The third-order valence-electron chi connectivity index (χ3n) is 2.98. The number of nitrogens with one attached hydrogen (secondary N) is 1. The van der Waals surface area contributed by atoms with E-state index in [4.69, 9.17) is 9.15 Å². The van der Waals surface area contributed by atoms with Gasteiger partial charge in [0.25, 0.3) is 5.91 Å². The van der Waals surface area contributed by atoms with Crippen LogP contribution in [0, 0.1) is 20.8 Å². The summed E-state index contributed by atoms with van der Waals surface area (Å²) >= 11 is 0. The molecule has 0 saturated carbocycles. The Morgan fingerprint density at radius 2 is 1.95 bits per heavy atom. The molecule has 0 fully saturated rings. The van der Waals surface area contributed by atoms with Gasteiger partial charge in [0, 0.05) is 0 Å². The van der Waals surface area contributed by atoms with Gasteiger partial charge in [-0.15, -0.1) is 0 Å².